The van der Waals surface area contributed by atoms with Crippen molar-refractivity contribution in [1.82, 2.24) is 19.9 Å². The lowest BCUT2D eigenvalue weighted by atomic mass is 10.1. The Balaban J connectivity index is 1.94. The SMILES string of the molecule is CCc1cccnc1CNCc1ncc(Cl)n1C. The Hall–Kier alpha value is -1.39. The number of halogens is 1. The Morgan fingerprint density at radius 2 is 2.17 bits per heavy atom. The number of imidazole rings is 1. The molecule has 0 radical (unpaired) electrons. The van der Waals surface area contributed by atoms with Crippen molar-refractivity contribution in [3.05, 3.63) is 46.8 Å². The Morgan fingerprint density at radius 1 is 1.33 bits per heavy atom. The minimum atomic E-state index is 0.652. The van der Waals surface area contributed by atoms with Gasteiger partial charge in [-0.15, -0.1) is 0 Å². The molecule has 4 nitrogen and oxygen atoms in total. The summed E-state index contributed by atoms with van der Waals surface area (Å²) in [6, 6.07) is 4.09. The first-order valence-electron chi connectivity index (χ1n) is 6.02. The van der Waals surface area contributed by atoms with Gasteiger partial charge in [0.15, 0.2) is 0 Å². The van der Waals surface area contributed by atoms with E-state index in [1.807, 2.05) is 23.9 Å². The van der Waals surface area contributed by atoms with Crippen LogP contribution in [-0.2, 0) is 26.6 Å². The van der Waals surface area contributed by atoms with E-state index in [2.05, 4.69) is 28.3 Å². The van der Waals surface area contributed by atoms with Gasteiger partial charge in [0.05, 0.1) is 18.4 Å². The van der Waals surface area contributed by atoms with Gasteiger partial charge in [-0.05, 0) is 18.1 Å². The van der Waals surface area contributed by atoms with E-state index < -0.39 is 0 Å². The monoisotopic (exact) mass is 264 g/mol. The van der Waals surface area contributed by atoms with Gasteiger partial charge in [0.1, 0.15) is 11.0 Å². The molecule has 0 saturated carbocycles. The van der Waals surface area contributed by atoms with E-state index in [1.54, 1.807) is 6.20 Å². The molecule has 0 amide bonds. The fraction of sp³-hybridized carbons (Fsp3) is 0.385. The second-order valence-corrected chi connectivity index (χ2v) is 4.51. The van der Waals surface area contributed by atoms with Crippen LogP contribution >= 0.6 is 11.6 Å². The Morgan fingerprint density at radius 3 is 2.83 bits per heavy atom. The maximum atomic E-state index is 5.93. The summed E-state index contributed by atoms with van der Waals surface area (Å²) in [7, 11) is 1.91. The van der Waals surface area contributed by atoms with E-state index in [0.717, 1.165) is 24.5 Å². The molecule has 0 spiro atoms. The number of hydrogen-bond acceptors (Lipinski definition) is 3. The van der Waals surface area contributed by atoms with Crippen molar-refractivity contribution < 1.29 is 0 Å². The molecule has 0 atom stereocenters. The zero-order valence-electron chi connectivity index (χ0n) is 10.7. The van der Waals surface area contributed by atoms with Crippen LogP contribution in [0.4, 0.5) is 0 Å². The third-order valence-corrected chi connectivity index (χ3v) is 3.32. The molecule has 2 aromatic heterocycles. The normalized spacial score (nSPS) is 10.8. The first kappa shape index (κ1) is 13.1. The number of nitrogens with one attached hydrogen (secondary N) is 1. The van der Waals surface area contributed by atoms with Crippen LogP contribution < -0.4 is 5.32 Å². The lowest BCUT2D eigenvalue weighted by Gasteiger charge is -2.08. The lowest BCUT2D eigenvalue weighted by Crippen LogP contribution is -2.17. The third-order valence-electron chi connectivity index (χ3n) is 2.97. The van der Waals surface area contributed by atoms with Crippen molar-refractivity contribution in [3.8, 4) is 0 Å². The number of hydrogen-bond donors (Lipinski definition) is 1. The van der Waals surface area contributed by atoms with Gasteiger partial charge in [-0.3, -0.25) is 4.98 Å². The molecule has 18 heavy (non-hydrogen) atoms. The van der Waals surface area contributed by atoms with Crippen LogP contribution in [0.25, 0.3) is 0 Å². The van der Waals surface area contributed by atoms with Crippen LogP contribution in [0.5, 0.6) is 0 Å². The summed E-state index contributed by atoms with van der Waals surface area (Å²) in [5.74, 6) is 0.925. The molecule has 1 N–H and O–H groups in total. The molecular weight excluding hydrogens is 248 g/mol. The molecule has 0 aliphatic rings. The van der Waals surface area contributed by atoms with Crippen LogP contribution in [-0.4, -0.2) is 14.5 Å². The maximum Gasteiger partial charge on any atom is 0.128 e. The number of aromatic nitrogens is 3. The van der Waals surface area contributed by atoms with Crippen molar-refractivity contribution in [1.29, 1.82) is 0 Å². The van der Waals surface area contributed by atoms with Gasteiger partial charge in [-0.2, -0.15) is 0 Å². The standard InChI is InChI=1S/C13H17ClN4/c1-3-10-5-4-6-16-11(10)7-15-9-13-17-8-12(14)18(13)2/h4-6,8,15H,3,7,9H2,1-2H3. The molecule has 0 fully saturated rings. The molecule has 0 bridgehead atoms. The molecular formula is C13H17ClN4. The van der Waals surface area contributed by atoms with Crippen LogP contribution in [0.1, 0.15) is 24.0 Å². The summed E-state index contributed by atoms with van der Waals surface area (Å²) in [5, 5.41) is 3.99. The highest BCUT2D eigenvalue weighted by molar-refractivity contribution is 6.29. The van der Waals surface area contributed by atoms with Crippen LogP contribution in [0, 0.1) is 0 Å². The molecule has 0 saturated heterocycles. The third kappa shape index (κ3) is 2.89. The summed E-state index contributed by atoms with van der Waals surface area (Å²) in [5.41, 5.74) is 2.38. The Kier molecular flexibility index (Phi) is 4.33. The second kappa shape index (κ2) is 5.98. The molecule has 96 valence electrons. The quantitative estimate of drug-likeness (QED) is 0.901. The largest absolute Gasteiger partial charge is 0.321 e. The second-order valence-electron chi connectivity index (χ2n) is 4.12. The van der Waals surface area contributed by atoms with Crippen LogP contribution in [0.2, 0.25) is 5.15 Å². The maximum absolute atomic E-state index is 5.93. The fourth-order valence-electron chi connectivity index (χ4n) is 1.83. The molecule has 0 aliphatic carbocycles. The van der Waals surface area contributed by atoms with Gasteiger partial charge >= 0.3 is 0 Å². The molecule has 0 aromatic carbocycles. The smallest absolute Gasteiger partial charge is 0.128 e. The number of rotatable bonds is 5. The molecule has 5 heteroatoms. The number of nitrogens with zero attached hydrogens (tertiary/aromatic N) is 3. The van der Waals surface area contributed by atoms with Gasteiger partial charge in [-0.1, -0.05) is 24.6 Å². The van der Waals surface area contributed by atoms with E-state index in [9.17, 15) is 0 Å². The molecule has 0 aliphatic heterocycles. The minimum Gasteiger partial charge on any atom is -0.321 e. The first-order chi connectivity index (χ1) is 8.72. The first-order valence-corrected chi connectivity index (χ1v) is 6.39. The van der Waals surface area contributed by atoms with Gasteiger partial charge < -0.3 is 9.88 Å². The predicted octanol–water partition coefficient (Wildman–Crippen LogP) is 2.32. The van der Waals surface area contributed by atoms with Gasteiger partial charge in [-0.25, -0.2) is 4.98 Å². The van der Waals surface area contributed by atoms with E-state index in [-0.39, 0.29) is 0 Å². The summed E-state index contributed by atoms with van der Waals surface area (Å²) in [4.78, 5) is 8.63. The van der Waals surface area contributed by atoms with Gasteiger partial charge in [0.2, 0.25) is 0 Å². The Labute approximate surface area is 112 Å². The zero-order chi connectivity index (χ0) is 13.0. The highest BCUT2D eigenvalue weighted by Crippen LogP contribution is 2.09. The number of pyridine rings is 1. The highest BCUT2D eigenvalue weighted by atomic mass is 35.5. The predicted molar refractivity (Wildman–Crippen MR) is 72.4 cm³/mol. The lowest BCUT2D eigenvalue weighted by molar-refractivity contribution is 0.627. The molecule has 0 unspecified atom stereocenters. The summed E-state index contributed by atoms with van der Waals surface area (Å²) in [6.07, 6.45) is 4.49. The number of aryl methyl sites for hydroxylation is 1. The topological polar surface area (TPSA) is 42.7 Å². The molecule has 2 rings (SSSR count). The average Bonchev–Trinajstić information content (AvgIpc) is 2.71. The van der Waals surface area contributed by atoms with E-state index in [0.29, 0.717) is 11.7 Å². The van der Waals surface area contributed by atoms with Gasteiger partial charge in [0, 0.05) is 19.8 Å². The van der Waals surface area contributed by atoms with Crippen molar-refractivity contribution in [2.75, 3.05) is 0 Å². The minimum absolute atomic E-state index is 0.652. The molecule has 2 heterocycles. The van der Waals surface area contributed by atoms with Crippen LogP contribution in [0.3, 0.4) is 0 Å². The van der Waals surface area contributed by atoms with Crippen LogP contribution in [0.15, 0.2) is 24.5 Å². The summed E-state index contributed by atoms with van der Waals surface area (Å²) in [6.45, 7) is 3.57. The molecule has 2 aromatic rings. The highest BCUT2D eigenvalue weighted by Gasteiger charge is 2.05. The van der Waals surface area contributed by atoms with Crippen molar-refractivity contribution in [2.24, 2.45) is 7.05 Å². The zero-order valence-corrected chi connectivity index (χ0v) is 11.4. The van der Waals surface area contributed by atoms with Gasteiger partial charge in [0.25, 0.3) is 0 Å². The van der Waals surface area contributed by atoms with Crippen molar-refractivity contribution in [2.45, 2.75) is 26.4 Å². The van der Waals surface area contributed by atoms with Crippen molar-refractivity contribution in [3.63, 3.8) is 0 Å². The summed E-state index contributed by atoms with van der Waals surface area (Å²) >= 11 is 5.93. The summed E-state index contributed by atoms with van der Waals surface area (Å²) < 4.78 is 1.87. The van der Waals surface area contributed by atoms with E-state index >= 15 is 0 Å². The van der Waals surface area contributed by atoms with Crippen molar-refractivity contribution >= 4 is 11.6 Å². The fourth-order valence-corrected chi connectivity index (χ4v) is 1.98. The van der Waals surface area contributed by atoms with E-state index in [1.165, 1.54) is 5.56 Å². The Bertz CT molecular complexity index is 521. The van der Waals surface area contributed by atoms with E-state index in [4.69, 9.17) is 11.6 Å². The average molecular weight is 265 g/mol.